The molecule has 1 aliphatic heterocycles. The molecule has 4 atom stereocenters. The minimum Gasteiger partial charge on any atom is -0.381 e. The molecule has 120 valence electrons. The van der Waals surface area contributed by atoms with E-state index in [0.717, 1.165) is 10.8 Å². The van der Waals surface area contributed by atoms with Crippen LogP contribution < -0.4 is 11.4 Å². The van der Waals surface area contributed by atoms with Crippen molar-refractivity contribution in [3.63, 3.8) is 0 Å². The average molecular weight is 314 g/mol. The zero-order chi connectivity index (χ0) is 16.5. The van der Waals surface area contributed by atoms with Crippen LogP contribution in [0, 0.1) is 11.7 Å². The molecule has 2 heterocycles. The second-order valence-electron chi connectivity index (χ2n) is 5.21. The number of alkyl halides is 1. The lowest BCUT2D eigenvalue weighted by atomic mass is 9.85. The van der Waals surface area contributed by atoms with Crippen LogP contribution in [-0.2, 0) is 4.74 Å². The Labute approximate surface area is 124 Å². The molecule has 0 saturated carbocycles. The van der Waals surface area contributed by atoms with Crippen molar-refractivity contribution in [2.45, 2.75) is 38.3 Å². The highest BCUT2D eigenvalue weighted by Crippen LogP contribution is 2.45. The molecule has 0 radical (unpaired) electrons. The summed E-state index contributed by atoms with van der Waals surface area (Å²) >= 11 is 0. The summed E-state index contributed by atoms with van der Waals surface area (Å²) in [5, 5.41) is 3.46. The number of hydrogen-bond donors (Lipinski definition) is 1. The summed E-state index contributed by atoms with van der Waals surface area (Å²) in [5.41, 5.74) is 11.7. The van der Waals surface area contributed by atoms with Gasteiger partial charge in [0, 0.05) is 10.8 Å². The molecule has 1 fully saturated rings. The highest BCUT2D eigenvalue weighted by atomic mass is 19.1. The van der Waals surface area contributed by atoms with Gasteiger partial charge < -0.3 is 10.5 Å². The zero-order valence-electron chi connectivity index (χ0n) is 12.1. The van der Waals surface area contributed by atoms with E-state index in [-0.39, 0.29) is 6.54 Å². The van der Waals surface area contributed by atoms with E-state index in [4.69, 9.17) is 16.0 Å². The van der Waals surface area contributed by atoms with Crippen LogP contribution in [0.25, 0.3) is 10.4 Å². The van der Waals surface area contributed by atoms with Crippen LogP contribution in [0.5, 0.6) is 0 Å². The molecular weight excluding hydrogens is 298 g/mol. The highest BCUT2D eigenvalue weighted by Gasteiger charge is 2.53. The van der Waals surface area contributed by atoms with Gasteiger partial charge >= 0.3 is 5.69 Å². The molecule has 2 N–H and O–H groups in total. The van der Waals surface area contributed by atoms with Crippen LogP contribution in [0.15, 0.2) is 16.1 Å². The number of ether oxygens (including phenoxy) is 1. The van der Waals surface area contributed by atoms with E-state index in [1.807, 2.05) is 0 Å². The molecule has 0 spiro atoms. The summed E-state index contributed by atoms with van der Waals surface area (Å²) in [6.07, 6.45) is -1.80. The molecule has 1 aliphatic rings. The van der Waals surface area contributed by atoms with Gasteiger partial charge in [-0.25, -0.2) is 13.6 Å². The van der Waals surface area contributed by atoms with Crippen molar-refractivity contribution < 1.29 is 13.5 Å². The molecule has 0 aliphatic carbocycles. The fraction of sp³-hybridized carbons (Fsp3) is 0.667. The molecule has 1 aromatic heterocycles. The summed E-state index contributed by atoms with van der Waals surface area (Å²) in [4.78, 5) is 17.8. The number of aromatic nitrogens is 2. The molecule has 0 bridgehead atoms. The van der Waals surface area contributed by atoms with Gasteiger partial charge in [-0.3, -0.25) is 4.57 Å². The molecule has 8 nitrogen and oxygen atoms in total. The molecule has 0 unspecified atom stereocenters. The van der Waals surface area contributed by atoms with E-state index in [2.05, 4.69) is 15.0 Å². The second-order valence-corrected chi connectivity index (χ2v) is 5.21. The van der Waals surface area contributed by atoms with Gasteiger partial charge in [-0.15, -0.1) is 0 Å². The first-order chi connectivity index (χ1) is 10.4. The lowest BCUT2D eigenvalue weighted by Gasteiger charge is -2.29. The lowest BCUT2D eigenvalue weighted by Crippen LogP contribution is -2.38. The van der Waals surface area contributed by atoms with Gasteiger partial charge in [0.1, 0.15) is 0 Å². The van der Waals surface area contributed by atoms with Gasteiger partial charge in [0.15, 0.2) is 24.0 Å². The zero-order valence-corrected chi connectivity index (χ0v) is 12.1. The minimum atomic E-state index is -1.59. The van der Waals surface area contributed by atoms with Crippen molar-refractivity contribution >= 4 is 5.82 Å². The van der Waals surface area contributed by atoms with Crippen LogP contribution in [0.3, 0.4) is 0 Å². The van der Waals surface area contributed by atoms with E-state index in [1.165, 1.54) is 0 Å². The second kappa shape index (κ2) is 5.90. The monoisotopic (exact) mass is 314 g/mol. The third-order valence-corrected chi connectivity index (χ3v) is 4.14. The van der Waals surface area contributed by atoms with E-state index < -0.39 is 41.2 Å². The smallest absolute Gasteiger partial charge is 0.351 e. The summed E-state index contributed by atoms with van der Waals surface area (Å²) in [5.74, 6) is -2.15. The van der Waals surface area contributed by atoms with Crippen LogP contribution in [0.2, 0.25) is 0 Å². The fourth-order valence-electron chi connectivity index (χ4n) is 2.65. The molecule has 0 amide bonds. The van der Waals surface area contributed by atoms with Crippen LogP contribution in [0.4, 0.5) is 14.6 Å². The molecule has 2 rings (SSSR count). The number of nitrogens with two attached hydrogens (primary N) is 1. The topological polar surface area (TPSA) is 119 Å². The number of rotatable bonds is 4. The summed E-state index contributed by atoms with van der Waals surface area (Å²) in [6.45, 7) is 3.26. The van der Waals surface area contributed by atoms with Gasteiger partial charge in [-0.05, 0) is 12.0 Å². The Kier molecular flexibility index (Phi) is 4.34. The Hall–Kier alpha value is -2.19. The van der Waals surface area contributed by atoms with Crippen molar-refractivity contribution in [3.05, 3.63) is 32.9 Å². The van der Waals surface area contributed by atoms with Crippen molar-refractivity contribution in [1.29, 1.82) is 0 Å². The minimum absolute atomic E-state index is 0.0856. The molecular formula is C12H16F2N6O2. The Balaban J connectivity index is 2.44. The number of nitrogens with zero attached hydrogens (tertiary/aromatic N) is 5. The van der Waals surface area contributed by atoms with Crippen LogP contribution in [0.1, 0.15) is 26.5 Å². The Morgan fingerprint density at radius 2 is 2.36 bits per heavy atom. The molecule has 0 aromatic carbocycles. The Bertz CT molecular complexity index is 674. The quantitative estimate of drug-likeness (QED) is 0.518. The van der Waals surface area contributed by atoms with Crippen LogP contribution in [-0.4, -0.2) is 27.9 Å². The average Bonchev–Trinajstić information content (AvgIpc) is 2.74. The van der Waals surface area contributed by atoms with E-state index in [9.17, 15) is 13.6 Å². The number of halogens is 2. The molecule has 10 heteroatoms. The van der Waals surface area contributed by atoms with Crippen molar-refractivity contribution in [1.82, 2.24) is 9.55 Å². The third kappa shape index (κ3) is 2.51. The predicted octanol–water partition coefficient (Wildman–Crippen LogP) is 1.93. The normalized spacial score (nSPS) is 31.0. The maximum absolute atomic E-state index is 14.6. The first kappa shape index (κ1) is 16.2. The number of anilines is 1. The predicted molar refractivity (Wildman–Crippen MR) is 74.1 cm³/mol. The number of hydrogen-bond acceptors (Lipinski definition) is 5. The first-order valence-corrected chi connectivity index (χ1v) is 6.73. The maximum atomic E-state index is 14.6. The standard InChI is InChI=1S/C12H16F2N6O2/c1-3-12(5-17-19-16)6(2)8(14)10(22-12)20-4-7(13)9(15)18-11(20)21/h4,6,8,10H,3,5H2,1-2H3,(H2,15,18,21)/t6-,8-,10+,12-/m0/s1. The van der Waals surface area contributed by atoms with Gasteiger partial charge in [0.2, 0.25) is 0 Å². The van der Waals surface area contributed by atoms with Crippen molar-refractivity contribution in [3.8, 4) is 0 Å². The van der Waals surface area contributed by atoms with Gasteiger partial charge in [-0.1, -0.05) is 19.0 Å². The van der Waals surface area contributed by atoms with E-state index >= 15 is 0 Å². The molecule has 22 heavy (non-hydrogen) atoms. The summed E-state index contributed by atoms with van der Waals surface area (Å²) < 4.78 is 34.5. The van der Waals surface area contributed by atoms with Gasteiger partial charge in [0.25, 0.3) is 0 Å². The van der Waals surface area contributed by atoms with Crippen molar-refractivity contribution in [2.75, 3.05) is 12.3 Å². The Morgan fingerprint density at radius 3 is 2.95 bits per heavy atom. The first-order valence-electron chi connectivity index (χ1n) is 6.73. The molecule has 1 saturated heterocycles. The lowest BCUT2D eigenvalue weighted by molar-refractivity contribution is -0.0863. The fourth-order valence-corrected chi connectivity index (χ4v) is 2.65. The van der Waals surface area contributed by atoms with E-state index in [1.54, 1.807) is 13.8 Å². The number of nitrogen functional groups attached to an aromatic ring is 1. The van der Waals surface area contributed by atoms with E-state index in [0.29, 0.717) is 6.42 Å². The van der Waals surface area contributed by atoms with Crippen molar-refractivity contribution in [2.24, 2.45) is 11.0 Å². The van der Waals surface area contributed by atoms with Gasteiger partial charge in [0.05, 0.1) is 18.3 Å². The molecule has 1 aromatic rings. The largest absolute Gasteiger partial charge is 0.381 e. The third-order valence-electron chi connectivity index (χ3n) is 4.14. The summed E-state index contributed by atoms with van der Waals surface area (Å²) in [7, 11) is 0. The Morgan fingerprint density at radius 1 is 1.68 bits per heavy atom. The maximum Gasteiger partial charge on any atom is 0.351 e. The number of azide groups is 1. The van der Waals surface area contributed by atoms with Crippen LogP contribution >= 0.6 is 0 Å². The SMILES string of the molecule is CC[C@@]1(CN=[N+]=[N-])O[C@@H](n2cc(F)c(N)nc2=O)[C@@H](F)[C@@H]1C. The van der Waals surface area contributed by atoms with Gasteiger partial charge in [-0.2, -0.15) is 4.98 Å². The summed E-state index contributed by atoms with van der Waals surface area (Å²) in [6, 6.07) is 0. The highest BCUT2D eigenvalue weighted by molar-refractivity contribution is 5.26.